The molecule has 0 amide bonds. The summed E-state index contributed by atoms with van der Waals surface area (Å²) in [6.07, 6.45) is 4.54. The van der Waals surface area contributed by atoms with Crippen LogP contribution in [-0.4, -0.2) is 14.5 Å². The molecule has 0 fully saturated rings. The quantitative estimate of drug-likeness (QED) is 0.868. The van der Waals surface area contributed by atoms with Crippen LogP contribution in [0.2, 0.25) is 0 Å². The normalized spacial score (nSPS) is 13.3. The van der Waals surface area contributed by atoms with Crippen molar-refractivity contribution in [2.24, 2.45) is 0 Å². The molecule has 3 nitrogen and oxygen atoms in total. The standard InChI is InChI=1S/C19H23NO2S/c1-4-18(12-11-17-9-5-15(2)6-10-17)20-23(21,22)19-13-7-16(3)8-14-19/h5-14,18,20H,4H2,1-3H3/b12-11+/t18-/m1/s1. The molecule has 0 saturated carbocycles. The molecule has 2 aromatic rings. The molecule has 1 N–H and O–H groups in total. The average molecular weight is 329 g/mol. The van der Waals surface area contributed by atoms with Crippen LogP contribution in [0.4, 0.5) is 0 Å². The zero-order valence-electron chi connectivity index (χ0n) is 13.8. The van der Waals surface area contributed by atoms with Gasteiger partial charge in [-0.05, 0) is 38.0 Å². The van der Waals surface area contributed by atoms with Gasteiger partial charge in [-0.2, -0.15) is 0 Å². The molecule has 122 valence electrons. The lowest BCUT2D eigenvalue weighted by molar-refractivity contribution is 0.568. The monoisotopic (exact) mass is 329 g/mol. The summed E-state index contributed by atoms with van der Waals surface area (Å²) in [4.78, 5) is 0.297. The maximum absolute atomic E-state index is 12.4. The highest BCUT2D eigenvalue weighted by atomic mass is 32.2. The Balaban J connectivity index is 2.12. The molecule has 4 heteroatoms. The Hall–Kier alpha value is -1.91. The van der Waals surface area contributed by atoms with Crippen molar-refractivity contribution < 1.29 is 8.42 Å². The third kappa shape index (κ3) is 5.05. The highest BCUT2D eigenvalue weighted by Gasteiger charge is 2.17. The summed E-state index contributed by atoms with van der Waals surface area (Å²) in [6, 6.07) is 14.8. The molecule has 2 rings (SSSR count). The van der Waals surface area contributed by atoms with Gasteiger partial charge in [0.25, 0.3) is 0 Å². The van der Waals surface area contributed by atoms with E-state index in [9.17, 15) is 8.42 Å². The topological polar surface area (TPSA) is 46.2 Å². The summed E-state index contributed by atoms with van der Waals surface area (Å²) in [5.74, 6) is 0. The fourth-order valence-corrected chi connectivity index (χ4v) is 3.42. The summed E-state index contributed by atoms with van der Waals surface area (Å²) < 4.78 is 27.6. The third-order valence-corrected chi connectivity index (χ3v) is 5.18. The van der Waals surface area contributed by atoms with Gasteiger partial charge in [-0.3, -0.25) is 0 Å². The molecule has 0 unspecified atom stereocenters. The number of rotatable bonds is 6. The molecule has 0 bridgehead atoms. The van der Waals surface area contributed by atoms with Gasteiger partial charge in [-0.25, -0.2) is 13.1 Å². The first-order chi connectivity index (χ1) is 10.9. The highest BCUT2D eigenvalue weighted by Crippen LogP contribution is 2.12. The van der Waals surface area contributed by atoms with E-state index < -0.39 is 10.0 Å². The SMILES string of the molecule is CC[C@H](/C=C/c1ccc(C)cc1)NS(=O)(=O)c1ccc(C)cc1. The van der Waals surface area contributed by atoms with Crippen molar-refractivity contribution in [1.29, 1.82) is 0 Å². The summed E-state index contributed by atoms with van der Waals surface area (Å²) in [5, 5.41) is 0. The van der Waals surface area contributed by atoms with E-state index in [1.807, 2.05) is 57.2 Å². The Kier molecular flexibility index (Phi) is 5.74. The van der Waals surface area contributed by atoms with Gasteiger partial charge in [0.2, 0.25) is 10.0 Å². The number of sulfonamides is 1. The van der Waals surface area contributed by atoms with Crippen LogP contribution < -0.4 is 4.72 Å². The number of hydrogen-bond donors (Lipinski definition) is 1. The molecular weight excluding hydrogens is 306 g/mol. The molecule has 23 heavy (non-hydrogen) atoms. The van der Waals surface area contributed by atoms with Crippen LogP contribution in [0.1, 0.15) is 30.0 Å². The highest BCUT2D eigenvalue weighted by molar-refractivity contribution is 7.89. The van der Waals surface area contributed by atoms with Crippen molar-refractivity contribution in [2.75, 3.05) is 0 Å². The van der Waals surface area contributed by atoms with Gasteiger partial charge in [-0.1, -0.05) is 66.6 Å². The lowest BCUT2D eigenvalue weighted by Gasteiger charge is -2.13. The number of nitrogens with one attached hydrogen (secondary N) is 1. The van der Waals surface area contributed by atoms with Crippen molar-refractivity contribution in [1.82, 2.24) is 4.72 Å². The Labute approximate surface area is 139 Å². The van der Waals surface area contributed by atoms with Gasteiger partial charge >= 0.3 is 0 Å². The molecular formula is C19H23NO2S. The van der Waals surface area contributed by atoms with Crippen LogP contribution in [0, 0.1) is 13.8 Å². The van der Waals surface area contributed by atoms with Crippen molar-refractivity contribution >= 4 is 16.1 Å². The van der Waals surface area contributed by atoms with E-state index in [0.717, 1.165) is 11.1 Å². The van der Waals surface area contributed by atoms with E-state index >= 15 is 0 Å². The summed E-state index contributed by atoms with van der Waals surface area (Å²) in [6.45, 7) is 5.93. The number of benzene rings is 2. The van der Waals surface area contributed by atoms with Gasteiger partial charge in [-0.15, -0.1) is 0 Å². The second-order valence-corrected chi connectivity index (χ2v) is 7.43. The van der Waals surface area contributed by atoms with E-state index in [-0.39, 0.29) is 6.04 Å². The van der Waals surface area contributed by atoms with Crippen molar-refractivity contribution in [2.45, 2.75) is 38.1 Å². The predicted octanol–water partition coefficient (Wildman–Crippen LogP) is 4.07. The zero-order valence-corrected chi connectivity index (χ0v) is 14.6. The van der Waals surface area contributed by atoms with E-state index in [1.165, 1.54) is 5.56 Å². The number of hydrogen-bond acceptors (Lipinski definition) is 2. The van der Waals surface area contributed by atoms with E-state index in [2.05, 4.69) is 4.72 Å². The number of aryl methyl sites for hydroxylation is 2. The predicted molar refractivity (Wildman–Crippen MR) is 95.8 cm³/mol. The van der Waals surface area contributed by atoms with Gasteiger partial charge in [0.05, 0.1) is 4.90 Å². The largest absolute Gasteiger partial charge is 0.241 e. The second-order valence-electron chi connectivity index (χ2n) is 5.72. The summed E-state index contributed by atoms with van der Waals surface area (Å²) >= 11 is 0. The first-order valence-electron chi connectivity index (χ1n) is 7.74. The minimum atomic E-state index is -3.50. The second kappa shape index (κ2) is 7.57. The molecule has 0 aliphatic heterocycles. The first kappa shape index (κ1) is 17.4. The van der Waals surface area contributed by atoms with Gasteiger partial charge < -0.3 is 0 Å². The molecule has 2 aromatic carbocycles. The van der Waals surface area contributed by atoms with Crippen LogP contribution in [0.5, 0.6) is 0 Å². The van der Waals surface area contributed by atoms with Crippen molar-refractivity contribution in [3.05, 3.63) is 71.3 Å². The Bertz CT molecular complexity index is 760. The smallest absolute Gasteiger partial charge is 0.207 e. The summed E-state index contributed by atoms with van der Waals surface area (Å²) in [7, 11) is -3.50. The molecule has 0 heterocycles. The molecule has 0 aliphatic rings. The lowest BCUT2D eigenvalue weighted by atomic mass is 10.1. The Morgan fingerprint density at radius 2 is 1.48 bits per heavy atom. The first-order valence-corrected chi connectivity index (χ1v) is 9.23. The van der Waals surface area contributed by atoms with Crippen LogP contribution in [0.15, 0.2) is 59.5 Å². The zero-order chi connectivity index (χ0) is 16.9. The van der Waals surface area contributed by atoms with Gasteiger partial charge in [0, 0.05) is 6.04 Å². The van der Waals surface area contributed by atoms with Crippen LogP contribution in [0.25, 0.3) is 6.08 Å². The molecule has 0 aliphatic carbocycles. The summed E-state index contributed by atoms with van der Waals surface area (Å²) in [5.41, 5.74) is 3.30. The average Bonchev–Trinajstić information content (AvgIpc) is 2.53. The van der Waals surface area contributed by atoms with E-state index in [1.54, 1.807) is 24.3 Å². The Morgan fingerprint density at radius 3 is 2.00 bits per heavy atom. The minimum absolute atomic E-state index is 0.234. The maximum Gasteiger partial charge on any atom is 0.241 e. The van der Waals surface area contributed by atoms with Crippen molar-refractivity contribution in [3.8, 4) is 0 Å². The van der Waals surface area contributed by atoms with Gasteiger partial charge in [0.1, 0.15) is 0 Å². The Morgan fingerprint density at radius 1 is 0.957 bits per heavy atom. The fraction of sp³-hybridized carbons (Fsp3) is 0.263. The maximum atomic E-state index is 12.4. The molecule has 0 saturated heterocycles. The molecule has 0 spiro atoms. The third-order valence-electron chi connectivity index (χ3n) is 3.68. The molecule has 1 atom stereocenters. The van der Waals surface area contributed by atoms with Crippen LogP contribution in [-0.2, 0) is 10.0 Å². The van der Waals surface area contributed by atoms with E-state index in [4.69, 9.17) is 0 Å². The lowest BCUT2D eigenvalue weighted by Crippen LogP contribution is -2.32. The minimum Gasteiger partial charge on any atom is -0.207 e. The van der Waals surface area contributed by atoms with E-state index in [0.29, 0.717) is 11.3 Å². The van der Waals surface area contributed by atoms with Gasteiger partial charge in [0.15, 0.2) is 0 Å². The molecule has 0 aromatic heterocycles. The fourth-order valence-electron chi connectivity index (χ4n) is 2.15. The van der Waals surface area contributed by atoms with Crippen LogP contribution in [0.3, 0.4) is 0 Å². The van der Waals surface area contributed by atoms with Crippen molar-refractivity contribution in [3.63, 3.8) is 0 Å². The van der Waals surface area contributed by atoms with Crippen LogP contribution >= 0.6 is 0 Å². The molecule has 0 radical (unpaired) electrons.